The fourth-order valence-electron chi connectivity index (χ4n) is 4.78. The van der Waals surface area contributed by atoms with Gasteiger partial charge in [0.25, 0.3) is 0 Å². The first-order valence-corrected chi connectivity index (χ1v) is 10.6. The monoisotopic (exact) mass is 429 g/mol. The summed E-state index contributed by atoms with van der Waals surface area (Å²) in [6.45, 7) is 0.320. The molecule has 5 rings (SSSR count). The van der Waals surface area contributed by atoms with Crippen molar-refractivity contribution in [3.05, 3.63) is 89.0 Å². The molecule has 0 unspecified atom stereocenters. The van der Waals surface area contributed by atoms with E-state index in [9.17, 15) is 14.7 Å². The third-order valence-corrected chi connectivity index (χ3v) is 6.40. The summed E-state index contributed by atoms with van der Waals surface area (Å²) in [6, 6.07) is 20.8. The van der Waals surface area contributed by atoms with Gasteiger partial charge in [-0.3, -0.25) is 4.90 Å². The number of benzene rings is 3. The standard InChI is InChI=1S/C26H23NO5/c1-31-18-11-10-16-13-24(25(28)29)27(14-17(16)12-18)26(30)32-15-23-21-8-4-2-6-19(21)20-7-3-5-9-22(20)23/h2-12,23-24H,13-15H2,1H3,(H,28,29)/t24-/m1/s1. The van der Waals surface area contributed by atoms with Gasteiger partial charge in [0.05, 0.1) is 13.7 Å². The van der Waals surface area contributed by atoms with E-state index in [1.807, 2.05) is 36.4 Å². The van der Waals surface area contributed by atoms with E-state index in [2.05, 4.69) is 24.3 Å². The van der Waals surface area contributed by atoms with Crippen LogP contribution in [0.1, 0.15) is 28.2 Å². The molecule has 1 atom stereocenters. The van der Waals surface area contributed by atoms with Gasteiger partial charge in [-0.25, -0.2) is 9.59 Å². The highest BCUT2D eigenvalue weighted by atomic mass is 16.6. The molecule has 1 aliphatic heterocycles. The molecular formula is C26H23NO5. The molecule has 6 nitrogen and oxygen atoms in total. The Morgan fingerprint density at radius 1 is 0.969 bits per heavy atom. The highest BCUT2D eigenvalue weighted by Gasteiger charge is 2.37. The van der Waals surface area contributed by atoms with Gasteiger partial charge in [0.2, 0.25) is 0 Å². The highest BCUT2D eigenvalue weighted by molar-refractivity contribution is 5.82. The van der Waals surface area contributed by atoms with Crippen LogP contribution in [0.25, 0.3) is 11.1 Å². The zero-order valence-electron chi connectivity index (χ0n) is 17.7. The Morgan fingerprint density at radius 3 is 2.25 bits per heavy atom. The van der Waals surface area contributed by atoms with Crippen LogP contribution in [0.2, 0.25) is 0 Å². The quantitative estimate of drug-likeness (QED) is 0.663. The molecule has 162 valence electrons. The molecule has 0 saturated heterocycles. The molecule has 0 saturated carbocycles. The number of carbonyl (C=O) groups excluding carboxylic acids is 1. The number of amides is 1. The molecule has 0 fully saturated rings. The lowest BCUT2D eigenvalue weighted by Crippen LogP contribution is -2.49. The molecule has 0 bridgehead atoms. The molecule has 32 heavy (non-hydrogen) atoms. The van der Waals surface area contributed by atoms with Crippen LogP contribution in [0.15, 0.2) is 66.7 Å². The molecular weight excluding hydrogens is 406 g/mol. The normalized spacial score (nSPS) is 16.7. The Labute approximate surface area is 186 Å². The Kier molecular flexibility index (Phi) is 5.05. The lowest BCUT2D eigenvalue weighted by molar-refractivity contribution is -0.143. The second kappa shape index (κ2) is 8.04. The van der Waals surface area contributed by atoms with Crippen molar-refractivity contribution < 1.29 is 24.2 Å². The largest absolute Gasteiger partial charge is 0.497 e. The van der Waals surface area contributed by atoms with Crippen LogP contribution in [0, 0.1) is 0 Å². The molecule has 3 aromatic rings. The number of ether oxygens (including phenoxy) is 2. The van der Waals surface area contributed by atoms with Crippen LogP contribution in [-0.2, 0) is 22.5 Å². The van der Waals surface area contributed by atoms with Crippen LogP contribution >= 0.6 is 0 Å². The Bertz CT molecular complexity index is 1160. The number of hydrogen-bond donors (Lipinski definition) is 1. The topological polar surface area (TPSA) is 76.1 Å². The minimum absolute atomic E-state index is 0.0770. The molecule has 1 amide bonds. The smallest absolute Gasteiger partial charge is 0.410 e. The zero-order chi connectivity index (χ0) is 22.2. The first kappa shape index (κ1) is 20.1. The predicted octanol–water partition coefficient (Wildman–Crippen LogP) is 4.46. The molecule has 0 radical (unpaired) electrons. The summed E-state index contributed by atoms with van der Waals surface area (Å²) in [5.41, 5.74) is 6.30. The third-order valence-electron chi connectivity index (χ3n) is 6.40. The molecule has 0 spiro atoms. The van der Waals surface area contributed by atoms with E-state index in [1.165, 1.54) is 4.90 Å². The summed E-state index contributed by atoms with van der Waals surface area (Å²) in [6.07, 6.45) is -0.383. The van der Waals surface area contributed by atoms with Gasteiger partial charge in [-0.05, 0) is 45.5 Å². The van der Waals surface area contributed by atoms with Gasteiger partial charge in [0.1, 0.15) is 18.4 Å². The molecule has 1 aliphatic carbocycles. The first-order valence-electron chi connectivity index (χ1n) is 10.6. The number of nitrogens with zero attached hydrogens (tertiary/aromatic N) is 1. The van der Waals surface area contributed by atoms with E-state index >= 15 is 0 Å². The van der Waals surface area contributed by atoms with E-state index in [-0.39, 0.29) is 25.5 Å². The van der Waals surface area contributed by atoms with Crippen LogP contribution in [0.3, 0.4) is 0 Å². The Morgan fingerprint density at radius 2 is 1.62 bits per heavy atom. The van der Waals surface area contributed by atoms with E-state index in [4.69, 9.17) is 9.47 Å². The molecule has 2 aliphatic rings. The number of carboxylic acids is 1. The number of aliphatic carboxylic acids is 1. The number of carbonyl (C=O) groups is 2. The molecule has 1 N–H and O–H groups in total. The SMILES string of the molecule is COc1ccc2c(c1)CN(C(=O)OCC1c3ccccc3-c3ccccc31)[C@@H](C(=O)O)C2. The first-order chi connectivity index (χ1) is 15.6. The molecule has 0 aromatic heterocycles. The number of methoxy groups -OCH3 is 1. The third kappa shape index (κ3) is 3.38. The summed E-state index contributed by atoms with van der Waals surface area (Å²) < 4.78 is 11.0. The maximum Gasteiger partial charge on any atom is 0.410 e. The minimum atomic E-state index is -1.04. The van der Waals surface area contributed by atoms with Crippen molar-refractivity contribution in [2.45, 2.75) is 24.9 Å². The van der Waals surface area contributed by atoms with E-state index < -0.39 is 18.1 Å². The van der Waals surface area contributed by atoms with Crippen LogP contribution in [0.4, 0.5) is 4.79 Å². The van der Waals surface area contributed by atoms with Gasteiger partial charge < -0.3 is 14.6 Å². The average Bonchev–Trinajstić information content (AvgIpc) is 3.15. The van der Waals surface area contributed by atoms with Crippen molar-refractivity contribution in [3.63, 3.8) is 0 Å². The summed E-state index contributed by atoms with van der Waals surface area (Å²) in [7, 11) is 1.58. The van der Waals surface area contributed by atoms with Crippen molar-refractivity contribution in [3.8, 4) is 16.9 Å². The summed E-state index contributed by atoms with van der Waals surface area (Å²) in [4.78, 5) is 26.3. The van der Waals surface area contributed by atoms with Gasteiger partial charge in [0, 0.05) is 12.3 Å². The second-order valence-electron chi connectivity index (χ2n) is 8.12. The number of fused-ring (bicyclic) bond motifs is 4. The summed E-state index contributed by atoms with van der Waals surface area (Å²) >= 11 is 0. The van der Waals surface area contributed by atoms with Gasteiger partial charge in [0.15, 0.2) is 0 Å². The van der Waals surface area contributed by atoms with Crippen molar-refractivity contribution in [2.24, 2.45) is 0 Å². The maximum absolute atomic E-state index is 13.1. The fraction of sp³-hybridized carbons (Fsp3) is 0.231. The Hall–Kier alpha value is -3.80. The highest BCUT2D eigenvalue weighted by Crippen LogP contribution is 2.44. The lowest BCUT2D eigenvalue weighted by atomic mass is 9.94. The lowest BCUT2D eigenvalue weighted by Gasteiger charge is -2.34. The fourth-order valence-corrected chi connectivity index (χ4v) is 4.78. The minimum Gasteiger partial charge on any atom is -0.497 e. The van der Waals surface area contributed by atoms with Crippen LogP contribution in [0.5, 0.6) is 5.75 Å². The van der Waals surface area contributed by atoms with E-state index in [0.29, 0.717) is 5.75 Å². The van der Waals surface area contributed by atoms with Gasteiger partial charge in [-0.2, -0.15) is 0 Å². The Balaban J connectivity index is 1.38. The molecule has 6 heteroatoms. The zero-order valence-corrected chi connectivity index (χ0v) is 17.7. The van der Waals surface area contributed by atoms with Crippen LogP contribution < -0.4 is 4.74 Å². The average molecular weight is 429 g/mol. The van der Waals surface area contributed by atoms with Crippen LogP contribution in [-0.4, -0.2) is 41.8 Å². The van der Waals surface area contributed by atoms with Crippen molar-refractivity contribution >= 4 is 12.1 Å². The van der Waals surface area contributed by atoms with Gasteiger partial charge >= 0.3 is 12.1 Å². The molecule has 1 heterocycles. The summed E-state index contributed by atoms with van der Waals surface area (Å²) in [5, 5.41) is 9.75. The van der Waals surface area contributed by atoms with E-state index in [1.54, 1.807) is 13.2 Å². The maximum atomic E-state index is 13.1. The van der Waals surface area contributed by atoms with Gasteiger partial charge in [-0.1, -0.05) is 54.6 Å². The number of rotatable bonds is 4. The van der Waals surface area contributed by atoms with Gasteiger partial charge in [-0.15, -0.1) is 0 Å². The molecule has 3 aromatic carbocycles. The second-order valence-corrected chi connectivity index (χ2v) is 8.12. The predicted molar refractivity (Wildman–Crippen MR) is 119 cm³/mol. The van der Waals surface area contributed by atoms with Crippen molar-refractivity contribution in [1.82, 2.24) is 4.90 Å². The van der Waals surface area contributed by atoms with Crippen molar-refractivity contribution in [1.29, 1.82) is 0 Å². The van der Waals surface area contributed by atoms with E-state index in [0.717, 1.165) is 33.4 Å². The number of hydrogen-bond acceptors (Lipinski definition) is 4. The number of carboxylic acid groups (broad SMARTS) is 1. The van der Waals surface area contributed by atoms with Crippen molar-refractivity contribution in [2.75, 3.05) is 13.7 Å². The summed E-state index contributed by atoms with van der Waals surface area (Å²) in [5.74, 6) is -0.447.